The van der Waals surface area contributed by atoms with Gasteiger partial charge in [0.25, 0.3) is 0 Å². The number of hydrogen-bond acceptors (Lipinski definition) is 3. The van der Waals surface area contributed by atoms with Gasteiger partial charge < -0.3 is 15.4 Å². The molecule has 0 amide bonds. The lowest BCUT2D eigenvalue weighted by Crippen LogP contribution is -2.43. The highest BCUT2D eigenvalue weighted by Crippen LogP contribution is 2.20. The standard InChI is InChI=1S/C43H72N2O.2CH4/c1-6-9-11-13-15-17-19-21-23-25-27-39-29-33-41(34-30-39)44-37(4)43(46-8-3)38(5)45-42-35-31-40(32-36-42)28-26-24-22-20-18-16-14-12-10-7-2;;/h8,29-38,43-45H,3,6-7,9-28H2,1-2,4-5H3;2*1H4. The highest BCUT2D eigenvalue weighted by atomic mass is 16.5. The van der Waals surface area contributed by atoms with E-state index in [-0.39, 0.29) is 33.0 Å². The summed E-state index contributed by atoms with van der Waals surface area (Å²) in [4.78, 5) is 0. The zero-order chi connectivity index (χ0) is 33.1. The average Bonchev–Trinajstić information content (AvgIpc) is 3.06. The lowest BCUT2D eigenvalue weighted by molar-refractivity contribution is 0.117. The smallest absolute Gasteiger partial charge is 0.137 e. The Labute approximate surface area is 300 Å². The molecule has 0 spiro atoms. The molecule has 2 N–H and O–H groups in total. The first-order valence-corrected chi connectivity index (χ1v) is 19.5. The van der Waals surface area contributed by atoms with Crippen molar-refractivity contribution in [3.05, 3.63) is 72.5 Å². The second-order valence-corrected chi connectivity index (χ2v) is 13.9. The van der Waals surface area contributed by atoms with E-state index in [1.807, 2.05) is 0 Å². The zero-order valence-corrected chi connectivity index (χ0v) is 30.6. The van der Waals surface area contributed by atoms with E-state index in [4.69, 9.17) is 4.74 Å². The Morgan fingerprint density at radius 3 is 1.08 bits per heavy atom. The minimum absolute atomic E-state index is 0. The van der Waals surface area contributed by atoms with Gasteiger partial charge in [0.15, 0.2) is 0 Å². The van der Waals surface area contributed by atoms with Crippen molar-refractivity contribution in [3.8, 4) is 0 Å². The number of benzene rings is 2. The fourth-order valence-corrected chi connectivity index (χ4v) is 6.64. The van der Waals surface area contributed by atoms with Crippen LogP contribution in [0.4, 0.5) is 11.4 Å². The van der Waals surface area contributed by atoms with Crippen molar-refractivity contribution in [2.45, 2.75) is 202 Å². The van der Waals surface area contributed by atoms with Crippen molar-refractivity contribution in [1.82, 2.24) is 0 Å². The molecule has 48 heavy (non-hydrogen) atoms. The molecular formula is C45H80N2O. The SMILES string of the molecule is C.C.C=COC(C(C)Nc1ccc(CCCCCCCCCCCC)cc1)C(C)Nc1ccc(CCCCCCCCCCCC)cc1. The van der Waals surface area contributed by atoms with Crippen molar-refractivity contribution in [2.24, 2.45) is 0 Å². The number of ether oxygens (including phenoxy) is 1. The van der Waals surface area contributed by atoms with Crippen LogP contribution in [0.15, 0.2) is 61.4 Å². The quantitative estimate of drug-likeness (QED) is 0.0644. The van der Waals surface area contributed by atoms with Gasteiger partial charge in [0, 0.05) is 11.4 Å². The molecule has 2 unspecified atom stereocenters. The molecule has 2 aromatic rings. The molecule has 3 heteroatoms. The number of rotatable bonds is 30. The van der Waals surface area contributed by atoms with Gasteiger partial charge in [-0.1, -0.05) is 175 Å². The second-order valence-electron chi connectivity index (χ2n) is 13.9. The van der Waals surface area contributed by atoms with Crippen LogP contribution >= 0.6 is 0 Å². The minimum atomic E-state index is -0.0601. The van der Waals surface area contributed by atoms with E-state index in [1.165, 1.54) is 152 Å². The topological polar surface area (TPSA) is 33.3 Å². The van der Waals surface area contributed by atoms with Crippen LogP contribution in [0.3, 0.4) is 0 Å². The summed E-state index contributed by atoms with van der Waals surface area (Å²) in [5.41, 5.74) is 5.15. The number of unbranched alkanes of at least 4 members (excludes halogenated alkanes) is 18. The molecule has 0 radical (unpaired) electrons. The van der Waals surface area contributed by atoms with Gasteiger partial charge in [-0.3, -0.25) is 0 Å². The van der Waals surface area contributed by atoms with E-state index in [1.54, 1.807) is 6.26 Å². The Kier molecular flexibility index (Phi) is 29.1. The largest absolute Gasteiger partial charge is 0.494 e. The molecule has 0 heterocycles. The fourth-order valence-electron chi connectivity index (χ4n) is 6.64. The van der Waals surface area contributed by atoms with Gasteiger partial charge in [-0.2, -0.15) is 0 Å². The first kappa shape index (κ1) is 45.6. The minimum Gasteiger partial charge on any atom is -0.494 e. The van der Waals surface area contributed by atoms with Crippen molar-refractivity contribution < 1.29 is 4.74 Å². The Bertz CT molecular complexity index is 894. The summed E-state index contributed by atoms with van der Waals surface area (Å²) in [5.74, 6) is 0. The van der Waals surface area contributed by atoms with E-state index >= 15 is 0 Å². The van der Waals surface area contributed by atoms with Crippen LogP contribution in [0.2, 0.25) is 0 Å². The highest BCUT2D eigenvalue weighted by molar-refractivity contribution is 5.47. The zero-order valence-electron chi connectivity index (χ0n) is 30.6. The predicted molar refractivity (Wildman–Crippen MR) is 219 cm³/mol. The van der Waals surface area contributed by atoms with E-state index in [0.29, 0.717) is 0 Å². The van der Waals surface area contributed by atoms with Crippen LogP contribution in [0.25, 0.3) is 0 Å². The molecular weight excluding hydrogens is 585 g/mol. The lowest BCUT2D eigenvalue weighted by Gasteiger charge is -2.31. The lowest BCUT2D eigenvalue weighted by atomic mass is 10.0. The van der Waals surface area contributed by atoms with E-state index in [2.05, 4.69) is 93.4 Å². The number of anilines is 2. The molecule has 0 saturated carbocycles. The van der Waals surface area contributed by atoms with Gasteiger partial charge in [-0.25, -0.2) is 0 Å². The van der Waals surface area contributed by atoms with E-state index in [0.717, 1.165) is 11.4 Å². The second kappa shape index (κ2) is 30.6. The molecule has 0 aliphatic rings. The van der Waals surface area contributed by atoms with Gasteiger partial charge >= 0.3 is 0 Å². The third kappa shape index (κ3) is 21.5. The van der Waals surface area contributed by atoms with Crippen molar-refractivity contribution in [1.29, 1.82) is 0 Å². The van der Waals surface area contributed by atoms with Gasteiger partial charge in [-0.05, 0) is 74.9 Å². The maximum absolute atomic E-state index is 6.03. The van der Waals surface area contributed by atoms with Gasteiger partial charge in [-0.15, -0.1) is 0 Å². The summed E-state index contributed by atoms with van der Waals surface area (Å²) in [6, 6.07) is 18.2. The molecule has 3 nitrogen and oxygen atoms in total. The van der Waals surface area contributed by atoms with E-state index in [9.17, 15) is 0 Å². The van der Waals surface area contributed by atoms with Crippen molar-refractivity contribution in [3.63, 3.8) is 0 Å². The number of nitrogens with one attached hydrogen (secondary N) is 2. The van der Waals surface area contributed by atoms with Crippen molar-refractivity contribution in [2.75, 3.05) is 10.6 Å². The summed E-state index contributed by atoms with van der Waals surface area (Å²) < 4.78 is 6.03. The summed E-state index contributed by atoms with van der Waals surface area (Å²) in [5, 5.41) is 7.36. The summed E-state index contributed by atoms with van der Waals surface area (Å²) in [6.07, 6.45) is 31.6. The molecule has 2 aromatic carbocycles. The molecule has 2 atom stereocenters. The predicted octanol–water partition coefficient (Wildman–Crippen LogP) is 14.7. The van der Waals surface area contributed by atoms with E-state index < -0.39 is 0 Å². The van der Waals surface area contributed by atoms with Crippen LogP contribution in [0.5, 0.6) is 0 Å². The number of hydrogen-bond donors (Lipinski definition) is 2. The third-order valence-electron chi connectivity index (χ3n) is 9.57. The number of aryl methyl sites for hydroxylation is 2. The molecule has 0 aliphatic carbocycles. The summed E-state index contributed by atoms with van der Waals surface area (Å²) in [7, 11) is 0. The van der Waals surface area contributed by atoms with Crippen molar-refractivity contribution >= 4 is 11.4 Å². The van der Waals surface area contributed by atoms with Gasteiger partial charge in [0.2, 0.25) is 0 Å². The third-order valence-corrected chi connectivity index (χ3v) is 9.57. The summed E-state index contributed by atoms with van der Waals surface area (Å²) in [6.45, 7) is 12.8. The molecule has 276 valence electrons. The highest BCUT2D eigenvalue weighted by Gasteiger charge is 2.25. The van der Waals surface area contributed by atoms with Gasteiger partial charge in [0.1, 0.15) is 6.10 Å². The molecule has 0 saturated heterocycles. The fraction of sp³-hybridized carbons (Fsp3) is 0.689. The summed E-state index contributed by atoms with van der Waals surface area (Å²) >= 11 is 0. The van der Waals surface area contributed by atoms with Crippen LogP contribution in [-0.2, 0) is 17.6 Å². The van der Waals surface area contributed by atoms with Crippen LogP contribution in [0.1, 0.15) is 182 Å². The molecule has 0 fully saturated rings. The Balaban J connectivity index is 0.0000110. The van der Waals surface area contributed by atoms with Crippen LogP contribution in [0, 0.1) is 0 Å². The Morgan fingerprint density at radius 1 is 0.500 bits per heavy atom. The Hall–Kier alpha value is -2.42. The molecule has 0 aliphatic heterocycles. The normalized spacial score (nSPS) is 12.7. The Morgan fingerprint density at radius 2 is 0.792 bits per heavy atom. The monoisotopic (exact) mass is 665 g/mol. The molecule has 0 bridgehead atoms. The van der Waals surface area contributed by atoms with Crippen LogP contribution < -0.4 is 10.6 Å². The van der Waals surface area contributed by atoms with Crippen LogP contribution in [-0.4, -0.2) is 18.2 Å². The maximum atomic E-state index is 6.03. The first-order valence-electron chi connectivity index (χ1n) is 19.5. The van der Waals surface area contributed by atoms with Gasteiger partial charge in [0.05, 0.1) is 18.3 Å². The average molecular weight is 665 g/mol. The molecule has 2 rings (SSSR count). The first-order chi connectivity index (χ1) is 22.6. The molecule has 0 aromatic heterocycles. The maximum Gasteiger partial charge on any atom is 0.137 e.